The number of carbonyl (C=O) groups is 2. The van der Waals surface area contributed by atoms with Gasteiger partial charge in [-0.05, 0) is 54.6 Å². The number of thiophene rings is 1. The van der Waals surface area contributed by atoms with E-state index in [-0.39, 0.29) is 24.1 Å². The summed E-state index contributed by atoms with van der Waals surface area (Å²) in [5.74, 6) is 1.00. The van der Waals surface area contributed by atoms with E-state index in [1.54, 1.807) is 23.3 Å². The van der Waals surface area contributed by atoms with Crippen molar-refractivity contribution in [2.75, 3.05) is 43.1 Å². The molecule has 9 heteroatoms. The minimum absolute atomic E-state index is 0.164. The molecule has 0 spiro atoms. The van der Waals surface area contributed by atoms with Crippen molar-refractivity contribution in [2.24, 2.45) is 0 Å². The fraction of sp³-hybridized carbons (Fsp3) is 0.471. The topological polar surface area (TPSA) is 62.3 Å². The minimum atomic E-state index is -1.26. The molecule has 43 heavy (non-hydrogen) atoms. The molecular weight excluding hydrogens is 575 g/mol. The lowest BCUT2D eigenvalue weighted by Gasteiger charge is -2.40. The molecule has 1 atom stereocenters. The summed E-state index contributed by atoms with van der Waals surface area (Å²) in [6.45, 7) is 11.4. The largest absolute Gasteiger partial charge is 0.483 e. The van der Waals surface area contributed by atoms with Gasteiger partial charge in [0.25, 0.3) is 0 Å². The third kappa shape index (κ3) is 9.34. The summed E-state index contributed by atoms with van der Waals surface area (Å²) >= 11 is 1.67. The summed E-state index contributed by atoms with van der Waals surface area (Å²) in [6.07, 6.45) is 2.44. The van der Waals surface area contributed by atoms with Crippen molar-refractivity contribution in [3.63, 3.8) is 0 Å². The zero-order valence-corrected chi connectivity index (χ0v) is 28.1. The van der Waals surface area contributed by atoms with Crippen molar-refractivity contribution in [1.82, 2.24) is 4.90 Å². The van der Waals surface area contributed by atoms with Crippen LogP contribution in [-0.2, 0) is 9.53 Å². The molecule has 0 N–H and O–H groups in total. The highest BCUT2D eigenvalue weighted by molar-refractivity contribution is 7.10. The van der Waals surface area contributed by atoms with E-state index < -0.39 is 8.07 Å². The molecule has 1 aliphatic heterocycles. The molecule has 232 valence electrons. The predicted octanol–water partition coefficient (Wildman–Crippen LogP) is 8.08. The van der Waals surface area contributed by atoms with Crippen LogP contribution in [0.3, 0.4) is 0 Å². The summed E-state index contributed by atoms with van der Waals surface area (Å²) in [5.41, 5.74) is 2.04. The number of carbonyl (C=O) groups excluding carboxylic acids is 2. The van der Waals surface area contributed by atoms with E-state index in [0.717, 1.165) is 54.0 Å². The van der Waals surface area contributed by atoms with Crippen LogP contribution in [0.25, 0.3) is 0 Å². The molecule has 4 rings (SSSR count). The van der Waals surface area contributed by atoms with Crippen LogP contribution in [0.1, 0.15) is 43.6 Å². The maximum atomic E-state index is 13.0. The lowest BCUT2D eigenvalue weighted by atomic mass is 10.0. The molecule has 7 nitrogen and oxygen atoms in total. The van der Waals surface area contributed by atoms with Gasteiger partial charge in [0.1, 0.15) is 11.9 Å². The van der Waals surface area contributed by atoms with Crippen molar-refractivity contribution in [3.8, 4) is 5.75 Å². The van der Waals surface area contributed by atoms with Gasteiger partial charge in [-0.25, -0.2) is 4.79 Å². The average Bonchev–Trinajstić information content (AvgIpc) is 3.55. The maximum absolute atomic E-state index is 13.0. The molecule has 1 aliphatic rings. The second-order valence-electron chi connectivity index (χ2n) is 12.4. The van der Waals surface area contributed by atoms with Crippen LogP contribution in [0, 0.1) is 0 Å². The van der Waals surface area contributed by atoms with Crippen molar-refractivity contribution in [3.05, 3.63) is 77.0 Å². The Morgan fingerprint density at radius 2 is 1.70 bits per heavy atom. The van der Waals surface area contributed by atoms with Crippen LogP contribution in [0.5, 0.6) is 5.75 Å². The predicted molar refractivity (Wildman–Crippen MR) is 180 cm³/mol. The number of ether oxygens (including phenoxy) is 2. The summed E-state index contributed by atoms with van der Waals surface area (Å²) in [6, 6.07) is 23.5. The first-order chi connectivity index (χ1) is 20.7. The Bertz CT molecular complexity index is 1290. The first kappa shape index (κ1) is 32.6. The summed E-state index contributed by atoms with van der Waals surface area (Å²) in [5, 5.41) is 2.06. The molecule has 0 bridgehead atoms. The Morgan fingerprint density at radius 1 is 1.00 bits per heavy atom. The SMILES string of the molecule is CCC(=O)N(c1ccccc1)C1CCN(c2ccccc2OC(CCN(C)C(=O)OCC[Si](C)(C)C)c2cccs2)CC1. The highest BCUT2D eigenvalue weighted by Crippen LogP contribution is 2.36. The number of rotatable bonds is 13. The molecule has 1 aromatic heterocycles. The normalized spacial score (nSPS) is 14.7. The number of nitrogens with zero attached hydrogens (tertiary/aromatic N) is 3. The molecule has 1 saturated heterocycles. The number of hydrogen-bond donors (Lipinski definition) is 0. The van der Waals surface area contributed by atoms with Crippen LogP contribution in [0.15, 0.2) is 72.1 Å². The van der Waals surface area contributed by atoms with Gasteiger partial charge >= 0.3 is 6.09 Å². The average molecular weight is 622 g/mol. The second-order valence-corrected chi connectivity index (χ2v) is 19.0. The van der Waals surface area contributed by atoms with Crippen LogP contribution in [0.2, 0.25) is 25.7 Å². The number of hydrogen-bond acceptors (Lipinski definition) is 6. The zero-order valence-electron chi connectivity index (χ0n) is 26.3. The molecule has 0 saturated carbocycles. The van der Waals surface area contributed by atoms with Crippen LogP contribution < -0.4 is 14.5 Å². The summed E-state index contributed by atoms with van der Waals surface area (Å²) < 4.78 is 12.3. The molecule has 1 unspecified atom stereocenters. The highest BCUT2D eigenvalue weighted by Gasteiger charge is 2.30. The van der Waals surface area contributed by atoms with E-state index in [2.05, 4.69) is 48.1 Å². The van der Waals surface area contributed by atoms with E-state index in [1.807, 2.05) is 60.4 Å². The first-order valence-corrected chi connectivity index (χ1v) is 20.0. The van der Waals surface area contributed by atoms with Gasteiger partial charge in [0.2, 0.25) is 5.91 Å². The molecular formula is C34H47N3O4SSi. The Balaban J connectivity index is 1.41. The lowest BCUT2D eigenvalue weighted by Crippen LogP contribution is -2.47. The quantitative estimate of drug-likeness (QED) is 0.181. The lowest BCUT2D eigenvalue weighted by molar-refractivity contribution is -0.118. The Labute approximate surface area is 262 Å². The van der Waals surface area contributed by atoms with Gasteiger partial charge in [-0.1, -0.05) is 63.0 Å². The van der Waals surface area contributed by atoms with E-state index in [9.17, 15) is 9.59 Å². The van der Waals surface area contributed by atoms with Gasteiger partial charge in [0.05, 0.1) is 12.3 Å². The molecule has 0 radical (unpaired) electrons. The molecule has 0 aliphatic carbocycles. The summed E-state index contributed by atoms with van der Waals surface area (Å²) in [4.78, 5) is 32.7. The van der Waals surface area contributed by atoms with Crippen molar-refractivity contribution < 1.29 is 19.1 Å². The van der Waals surface area contributed by atoms with Gasteiger partial charge in [-0.3, -0.25) is 4.79 Å². The Morgan fingerprint density at radius 3 is 2.35 bits per heavy atom. The number of benzene rings is 2. The van der Waals surface area contributed by atoms with Gasteiger partial charge in [0, 0.05) is 64.2 Å². The highest BCUT2D eigenvalue weighted by atomic mass is 32.1. The molecule has 2 heterocycles. The van der Waals surface area contributed by atoms with Gasteiger partial charge in [-0.15, -0.1) is 11.3 Å². The van der Waals surface area contributed by atoms with Crippen LogP contribution in [0.4, 0.5) is 16.2 Å². The van der Waals surface area contributed by atoms with E-state index >= 15 is 0 Å². The molecule has 3 aromatic rings. The third-order valence-electron chi connectivity index (χ3n) is 7.89. The fourth-order valence-corrected chi connectivity index (χ4v) is 6.85. The van der Waals surface area contributed by atoms with E-state index in [0.29, 0.717) is 26.0 Å². The zero-order chi connectivity index (χ0) is 30.8. The molecule has 2 amide bonds. The van der Waals surface area contributed by atoms with Crippen molar-refractivity contribution in [1.29, 1.82) is 0 Å². The second kappa shape index (κ2) is 15.4. The van der Waals surface area contributed by atoms with Gasteiger partial charge in [0.15, 0.2) is 0 Å². The van der Waals surface area contributed by atoms with Crippen molar-refractivity contribution in [2.45, 2.75) is 70.4 Å². The maximum Gasteiger partial charge on any atom is 0.409 e. The van der Waals surface area contributed by atoms with Gasteiger partial charge < -0.3 is 24.2 Å². The minimum Gasteiger partial charge on any atom is -0.483 e. The Hall–Kier alpha value is -3.30. The number of anilines is 2. The smallest absolute Gasteiger partial charge is 0.409 e. The molecule has 2 aromatic carbocycles. The van der Waals surface area contributed by atoms with Crippen LogP contribution >= 0.6 is 11.3 Å². The first-order valence-electron chi connectivity index (χ1n) is 15.5. The monoisotopic (exact) mass is 621 g/mol. The van der Waals surface area contributed by atoms with E-state index in [4.69, 9.17) is 9.47 Å². The van der Waals surface area contributed by atoms with Crippen LogP contribution in [-0.4, -0.2) is 64.3 Å². The van der Waals surface area contributed by atoms with Gasteiger partial charge in [-0.2, -0.15) is 0 Å². The van der Waals surface area contributed by atoms with E-state index in [1.165, 1.54) is 0 Å². The fourth-order valence-electron chi connectivity index (χ4n) is 5.34. The summed E-state index contributed by atoms with van der Waals surface area (Å²) in [7, 11) is 0.531. The number of piperidine rings is 1. The third-order valence-corrected chi connectivity index (χ3v) is 10.6. The standard InChI is InChI=1S/C34H47N3O4SSi/c1-6-33(38)37(27-13-8-7-9-14-27)28-18-22-36(23-19-28)29-15-10-11-16-30(29)41-31(32-17-12-25-42-32)20-21-35(2)34(39)40-24-26-43(3,4)5/h7-17,25,28,31H,6,18-24,26H2,1-5H3. The number of amides is 2. The molecule has 1 fully saturated rings. The Kier molecular flexibility index (Phi) is 11.7. The van der Waals surface area contributed by atoms with Crippen molar-refractivity contribution >= 4 is 42.8 Å². The number of para-hydroxylation sites is 3.